The molecule has 0 aliphatic carbocycles. The number of fused-ring (bicyclic) bond motifs is 1. The van der Waals surface area contributed by atoms with Crippen LogP contribution in [-0.4, -0.2) is 39.5 Å². The van der Waals surface area contributed by atoms with Crippen LogP contribution in [0.3, 0.4) is 0 Å². The third-order valence-electron chi connectivity index (χ3n) is 6.38. The Morgan fingerprint density at radius 3 is 2.59 bits per heavy atom. The summed E-state index contributed by atoms with van der Waals surface area (Å²) in [6.07, 6.45) is 1.30. The standard InChI is InChI=1S/C28H25NO5/c1-17-14-21-15-20(10-11-23(21)34-17)26(31)24-25(19-8-5-9-22(30)16-19)29(28(33)27(24)32)13-12-18-6-3-2-4-7-18/h2-11,15-17,25,30-31H,12-14H2,1H3/t17-,25+/m0/s1. The van der Waals surface area contributed by atoms with Gasteiger partial charge in [0.05, 0.1) is 11.6 Å². The zero-order valence-corrected chi connectivity index (χ0v) is 18.8. The van der Waals surface area contributed by atoms with Crippen LogP contribution in [0.1, 0.15) is 35.2 Å². The molecule has 1 amide bonds. The summed E-state index contributed by atoms with van der Waals surface area (Å²) in [7, 11) is 0. The van der Waals surface area contributed by atoms with Gasteiger partial charge in [-0.2, -0.15) is 0 Å². The van der Waals surface area contributed by atoms with Crippen molar-refractivity contribution in [2.75, 3.05) is 6.54 Å². The predicted octanol–water partition coefficient (Wildman–Crippen LogP) is 4.38. The number of nitrogens with zero attached hydrogens (tertiary/aromatic N) is 1. The molecule has 5 rings (SSSR count). The van der Waals surface area contributed by atoms with E-state index < -0.39 is 17.7 Å². The van der Waals surface area contributed by atoms with Gasteiger partial charge in [0.25, 0.3) is 11.7 Å². The molecule has 6 nitrogen and oxygen atoms in total. The normalized spacial score (nSPS) is 20.9. The molecule has 0 saturated carbocycles. The van der Waals surface area contributed by atoms with Gasteiger partial charge in [0, 0.05) is 18.5 Å². The lowest BCUT2D eigenvalue weighted by Crippen LogP contribution is -2.31. The molecule has 0 unspecified atom stereocenters. The Labute approximate surface area is 197 Å². The number of carbonyl (C=O) groups is 2. The fourth-order valence-electron chi connectivity index (χ4n) is 4.77. The number of aliphatic hydroxyl groups is 1. The van der Waals surface area contributed by atoms with Crippen molar-refractivity contribution >= 4 is 17.4 Å². The Morgan fingerprint density at radius 2 is 1.82 bits per heavy atom. The van der Waals surface area contributed by atoms with Crippen molar-refractivity contribution in [2.45, 2.75) is 31.9 Å². The Balaban J connectivity index is 1.58. The van der Waals surface area contributed by atoms with Crippen molar-refractivity contribution in [3.05, 3.63) is 101 Å². The van der Waals surface area contributed by atoms with Crippen molar-refractivity contribution in [3.8, 4) is 11.5 Å². The number of benzene rings is 3. The van der Waals surface area contributed by atoms with Crippen LogP contribution in [0.4, 0.5) is 0 Å². The van der Waals surface area contributed by atoms with E-state index in [1.54, 1.807) is 24.3 Å². The largest absolute Gasteiger partial charge is 0.508 e. The smallest absolute Gasteiger partial charge is 0.295 e. The molecule has 2 aliphatic heterocycles. The Hall–Kier alpha value is -4.06. The molecular weight excluding hydrogens is 430 g/mol. The van der Waals surface area contributed by atoms with Crippen molar-refractivity contribution in [2.24, 2.45) is 0 Å². The third kappa shape index (κ3) is 3.92. The molecule has 2 aliphatic rings. The van der Waals surface area contributed by atoms with Crippen molar-refractivity contribution in [1.82, 2.24) is 4.90 Å². The molecular formula is C28H25NO5. The number of phenolic OH excluding ortho intramolecular Hbond substituents is 1. The van der Waals surface area contributed by atoms with Gasteiger partial charge in [0.1, 0.15) is 23.4 Å². The van der Waals surface area contributed by atoms with Gasteiger partial charge < -0.3 is 19.8 Å². The first-order chi connectivity index (χ1) is 16.4. The molecule has 3 aromatic carbocycles. The zero-order valence-electron chi connectivity index (χ0n) is 18.8. The van der Waals surface area contributed by atoms with E-state index >= 15 is 0 Å². The molecule has 2 heterocycles. The highest BCUT2D eigenvalue weighted by molar-refractivity contribution is 6.46. The summed E-state index contributed by atoms with van der Waals surface area (Å²) in [6.45, 7) is 2.26. The second-order valence-corrected chi connectivity index (χ2v) is 8.78. The number of rotatable bonds is 5. The van der Waals surface area contributed by atoms with E-state index in [0.29, 0.717) is 30.5 Å². The van der Waals surface area contributed by atoms with Gasteiger partial charge in [0.15, 0.2) is 0 Å². The van der Waals surface area contributed by atoms with E-state index in [0.717, 1.165) is 16.9 Å². The summed E-state index contributed by atoms with van der Waals surface area (Å²) in [6, 6.07) is 20.7. The van der Waals surface area contributed by atoms with Crippen LogP contribution in [0.5, 0.6) is 11.5 Å². The van der Waals surface area contributed by atoms with Crippen LogP contribution >= 0.6 is 0 Å². The average molecular weight is 456 g/mol. The summed E-state index contributed by atoms with van der Waals surface area (Å²) < 4.78 is 5.75. The van der Waals surface area contributed by atoms with Crippen LogP contribution in [-0.2, 0) is 22.4 Å². The Kier molecular flexibility index (Phi) is 5.57. The van der Waals surface area contributed by atoms with Crippen LogP contribution in [0.25, 0.3) is 5.76 Å². The number of ketones is 1. The maximum atomic E-state index is 13.2. The fourth-order valence-corrected chi connectivity index (χ4v) is 4.77. The van der Waals surface area contributed by atoms with E-state index in [1.807, 2.05) is 43.3 Å². The summed E-state index contributed by atoms with van der Waals surface area (Å²) in [5, 5.41) is 21.4. The number of amides is 1. The molecule has 0 bridgehead atoms. The number of aromatic hydroxyl groups is 1. The summed E-state index contributed by atoms with van der Waals surface area (Å²) in [4.78, 5) is 27.8. The molecule has 6 heteroatoms. The number of Topliss-reactive ketones (excluding diaryl/α,β-unsaturated/α-hetero) is 1. The second kappa shape index (κ2) is 8.71. The van der Waals surface area contributed by atoms with Crippen LogP contribution < -0.4 is 4.74 Å². The van der Waals surface area contributed by atoms with Crippen molar-refractivity contribution in [3.63, 3.8) is 0 Å². The van der Waals surface area contributed by atoms with E-state index in [4.69, 9.17) is 4.74 Å². The summed E-state index contributed by atoms with van der Waals surface area (Å²) in [5.74, 6) is -0.837. The van der Waals surface area contributed by atoms with E-state index in [2.05, 4.69) is 0 Å². The minimum atomic E-state index is -0.806. The minimum absolute atomic E-state index is 0.0230. The van der Waals surface area contributed by atoms with Gasteiger partial charge >= 0.3 is 0 Å². The highest BCUT2D eigenvalue weighted by Gasteiger charge is 2.46. The third-order valence-corrected chi connectivity index (χ3v) is 6.38. The number of likely N-dealkylation sites (tertiary alicyclic amines) is 1. The molecule has 1 saturated heterocycles. The fraction of sp³-hybridized carbons (Fsp3) is 0.214. The number of hydrogen-bond donors (Lipinski definition) is 2. The predicted molar refractivity (Wildman–Crippen MR) is 127 cm³/mol. The second-order valence-electron chi connectivity index (χ2n) is 8.78. The topological polar surface area (TPSA) is 87.1 Å². The first-order valence-corrected chi connectivity index (χ1v) is 11.3. The number of phenols is 1. The molecule has 0 spiro atoms. The molecule has 172 valence electrons. The van der Waals surface area contributed by atoms with E-state index in [1.165, 1.54) is 17.0 Å². The zero-order chi connectivity index (χ0) is 23.8. The molecule has 0 aromatic heterocycles. The highest BCUT2D eigenvalue weighted by Crippen LogP contribution is 2.41. The monoisotopic (exact) mass is 455 g/mol. The molecule has 34 heavy (non-hydrogen) atoms. The molecule has 2 atom stereocenters. The highest BCUT2D eigenvalue weighted by atomic mass is 16.5. The lowest BCUT2D eigenvalue weighted by Gasteiger charge is -2.25. The van der Waals surface area contributed by atoms with Gasteiger partial charge in [-0.1, -0.05) is 42.5 Å². The Morgan fingerprint density at radius 1 is 1.03 bits per heavy atom. The van der Waals surface area contributed by atoms with Crippen LogP contribution in [0, 0.1) is 0 Å². The number of ether oxygens (including phenoxy) is 1. The lowest BCUT2D eigenvalue weighted by molar-refractivity contribution is -0.139. The summed E-state index contributed by atoms with van der Waals surface area (Å²) >= 11 is 0. The lowest BCUT2D eigenvalue weighted by atomic mass is 9.94. The number of hydrogen-bond acceptors (Lipinski definition) is 5. The Bertz CT molecular complexity index is 1300. The molecule has 2 N–H and O–H groups in total. The average Bonchev–Trinajstić information content (AvgIpc) is 3.33. The van der Waals surface area contributed by atoms with Gasteiger partial charge in [-0.3, -0.25) is 9.59 Å². The maximum Gasteiger partial charge on any atom is 0.295 e. The molecule has 0 radical (unpaired) electrons. The quantitative estimate of drug-likeness (QED) is 0.339. The SMILES string of the molecule is C[C@H]1Cc2cc(C(O)=C3C(=O)C(=O)N(CCc4ccccc4)[C@@H]3c3cccc(O)c3)ccc2O1. The summed E-state index contributed by atoms with van der Waals surface area (Å²) in [5.41, 5.74) is 3.03. The van der Waals surface area contributed by atoms with Crippen LogP contribution in [0.2, 0.25) is 0 Å². The first kappa shape index (κ1) is 21.8. The number of aliphatic hydroxyl groups excluding tert-OH is 1. The maximum absolute atomic E-state index is 13.2. The van der Waals surface area contributed by atoms with Gasteiger partial charge in [-0.25, -0.2) is 0 Å². The molecule has 3 aromatic rings. The van der Waals surface area contributed by atoms with Gasteiger partial charge in [-0.15, -0.1) is 0 Å². The van der Waals surface area contributed by atoms with Crippen molar-refractivity contribution < 1.29 is 24.5 Å². The number of carbonyl (C=O) groups excluding carboxylic acids is 2. The van der Waals surface area contributed by atoms with Crippen LogP contribution in [0.15, 0.2) is 78.4 Å². The van der Waals surface area contributed by atoms with Gasteiger partial charge in [0.2, 0.25) is 0 Å². The first-order valence-electron chi connectivity index (χ1n) is 11.3. The van der Waals surface area contributed by atoms with Crippen molar-refractivity contribution in [1.29, 1.82) is 0 Å². The van der Waals surface area contributed by atoms with Gasteiger partial charge in [-0.05, 0) is 60.4 Å². The molecule has 1 fully saturated rings. The minimum Gasteiger partial charge on any atom is -0.508 e. The van der Waals surface area contributed by atoms with E-state index in [-0.39, 0.29) is 23.2 Å². The van der Waals surface area contributed by atoms with E-state index in [9.17, 15) is 19.8 Å².